The highest BCUT2D eigenvalue weighted by atomic mass is 19.1. The third-order valence-electron chi connectivity index (χ3n) is 2.54. The maximum Gasteiger partial charge on any atom is 0.299 e. The molecule has 0 bridgehead atoms. The van der Waals surface area contributed by atoms with Crippen LogP contribution in [0.4, 0.5) is 10.1 Å². The van der Waals surface area contributed by atoms with Gasteiger partial charge in [0.1, 0.15) is 5.82 Å². The Labute approximate surface area is 96.1 Å². The van der Waals surface area contributed by atoms with E-state index in [9.17, 15) is 19.1 Å². The van der Waals surface area contributed by atoms with Gasteiger partial charge in [-0.1, -0.05) is 6.07 Å². The number of carbonyl (C=O) groups excluding carboxylic acids is 2. The number of aliphatic hydroxyl groups excluding tert-OH is 2. The molecule has 2 rings (SSSR count). The van der Waals surface area contributed by atoms with Crippen molar-refractivity contribution >= 4 is 17.4 Å². The molecule has 90 valence electrons. The smallest absolute Gasteiger partial charge is 0.299 e. The SMILES string of the molecule is O=C1C(=O)N(CC(O)CO)c2c(F)cccc21. The second-order valence-electron chi connectivity index (χ2n) is 3.72. The zero-order valence-electron chi connectivity index (χ0n) is 8.76. The van der Waals surface area contributed by atoms with E-state index in [0.29, 0.717) is 0 Å². The minimum absolute atomic E-state index is 0.0138. The lowest BCUT2D eigenvalue weighted by molar-refractivity contribution is -0.114. The van der Waals surface area contributed by atoms with E-state index in [2.05, 4.69) is 0 Å². The molecule has 1 aliphatic heterocycles. The summed E-state index contributed by atoms with van der Waals surface area (Å²) in [6.45, 7) is -0.878. The Bertz CT molecular complexity index is 488. The summed E-state index contributed by atoms with van der Waals surface area (Å²) in [5, 5.41) is 18.0. The number of hydrogen-bond acceptors (Lipinski definition) is 4. The Balaban J connectivity index is 2.43. The number of halogens is 1. The van der Waals surface area contributed by atoms with Crippen LogP contribution in [0.2, 0.25) is 0 Å². The molecule has 6 heteroatoms. The zero-order valence-corrected chi connectivity index (χ0v) is 8.76. The van der Waals surface area contributed by atoms with Crippen molar-refractivity contribution in [2.45, 2.75) is 6.10 Å². The predicted molar refractivity (Wildman–Crippen MR) is 56.2 cm³/mol. The van der Waals surface area contributed by atoms with Crippen molar-refractivity contribution in [3.05, 3.63) is 29.6 Å². The van der Waals surface area contributed by atoms with E-state index in [1.54, 1.807) is 0 Å². The number of fused-ring (bicyclic) bond motifs is 1. The number of carbonyl (C=O) groups is 2. The highest BCUT2D eigenvalue weighted by Crippen LogP contribution is 2.31. The number of rotatable bonds is 3. The van der Waals surface area contributed by atoms with Gasteiger partial charge in [-0.3, -0.25) is 14.5 Å². The topological polar surface area (TPSA) is 77.8 Å². The molecule has 17 heavy (non-hydrogen) atoms. The van der Waals surface area contributed by atoms with Gasteiger partial charge in [0.05, 0.1) is 30.5 Å². The van der Waals surface area contributed by atoms with Gasteiger partial charge in [0.25, 0.3) is 11.7 Å². The van der Waals surface area contributed by atoms with Gasteiger partial charge in [-0.2, -0.15) is 0 Å². The predicted octanol–water partition coefficient (Wildman–Crippen LogP) is -0.292. The number of Topliss-reactive ketones (excluding diaryl/α,β-unsaturated/α-hetero) is 1. The first kappa shape index (κ1) is 11.7. The molecule has 0 fully saturated rings. The van der Waals surface area contributed by atoms with E-state index in [1.165, 1.54) is 12.1 Å². The van der Waals surface area contributed by atoms with E-state index in [0.717, 1.165) is 11.0 Å². The van der Waals surface area contributed by atoms with Crippen LogP contribution in [0.15, 0.2) is 18.2 Å². The molecule has 0 radical (unpaired) electrons. The quantitative estimate of drug-likeness (QED) is 0.710. The largest absolute Gasteiger partial charge is 0.394 e. The second-order valence-corrected chi connectivity index (χ2v) is 3.72. The van der Waals surface area contributed by atoms with Gasteiger partial charge in [0.15, 0.2) is 0 Å². The second kappa shape index (κ2) is 4.23. The monoisotopic (exact) mass is 239 g/mol. The van der Waals surface area contributed by atoms with Crippen molar-refractivity contribution in [3.8, 4) is 0 Å². The van der Waals surface area contributed by atoms with Crippen molar-refractivity contribution < 1.29 is 24.2 Å². The van der Waals surface area contributed by atoms with Gasteiger partial charge in [-0.05, 0) is 12.1 Å². The normalized spacial score (nSPS) is 16.3. The van der Waals surface area contributed by atoms with Gasteiger partial charge < -0.3 is 10.2 Å². The fourth-order valence-corrected chi connectivity index (χ4v) is 1.75. The minimum atomic E-state index is -1.21. The molecule has 0 saturated carbocycles. The van der Waals surface area contributed by atoms with E-state index >= 15 is 0 Å². The summed E-state index contributed by atoms with van der Waals surface area (Å²) in [5.41, 5.74) is -0.143. The third-order valence-corrected chi connectivity index (χ3v) is 2.54. The molecular weight excluding hydrogens is 229 g/mol. The van der Waals surface area contributed by atoms with Crippen molar-refractivity contribution in [2.24, 2.45) is 0 Å². The zero-order chi connectivity index (χ0) is 12.6. The first-order valence-corrected chi connectivity index (χ1v) is 5.00. The molecule has 1 atom stereocenters. The van der Waals surface area contributed by atoms with Crippen LogP contribution in [-0.2, 0) is 4.79 Å². The van der Waals surface area contributed by atoms with Crippen LogP contribution in [0.3, 0.4) is 0 Å². The standard InChI is InChI=1S/C11H10FNO4/c12-8-3-1-2-7-9(8)13(4-6(15)5-14)11(17)10(7)16/h1-3,6,14-15H,4-5H2. The van der Waals surface area contributed by atoms with E-state index in [4.69, 9.17) is 5.11 Å². The summed E-state index contributed by atoms with van der Waals surface area (Å²) in [6, 6.07) is 3.82. The Kier molecular flexibility index (Phi) is 2.91. The number of benzene rings is 1. The molecule has 1 aromatic rings. The first-order valence-electron chi connectivity index (χ1n) is 5.00. The number of nitrogens with zero attached hydrogens (tertiary/aromatic N) is 1. The van der Waals surface area contributed by atoms with Gasteiger partial charge in [-0.25, -0.2) is 4.39 Å². The van der Waals surface area contributed by atoms with E-state index in [-0.39, 0.29) is 17.8 Å². The average molecular weight is 239 g/mol. The Morgan fingerprint density at radius 1 is 1.35 bits per heavy atom. The van der Waals surface area contributed by atoms with Crippen LogP contribution in [0.1, 0.15) is 10.4 Å². The van der Waals surface area contributed by atoms with Crippen LogP contribution in [0.5, 0.6) is 0 Å². The summed E-state index contributed by atoms with van der Waals surface area (Å²) in [4.78, 5) is 24.0. The van der Waals surface area contributed by atoms with Crippen LogP contribution >= 0.6 is 0 Å². The summed E-state index contributed by atoms with van der Waals surface area (Å²) < 4.78 is 13.6. The molecule has 0 saturated heterocycles. The summed E-state index contributed by atoms with van der Waals surface area (Å²) in [5.74, 6) is -2.39. The number of amides is 1. The van der Waals surface area contributed by atoms with Crippen LogP contribution in [-0.4, -0.2) is 41.2 Å². The van der Waals surface area contributed by atoms with Crippen molar-refractivity contribution in [1.29, 1.82) is 0 Å². The summed E-state index contributed by atoms with van der Waals surface area (Å²) in [7, 11) is 0. The molecule has 1 heterocycles. The molecule has 5 nitrogen and oxygen atoms in total. The molecule has 2 N–H and O–H groups in total. The Morgan fingerprint density at radius 3 is 2.71 bits per heavy atom. The number of ketones is 1. The minimum Gasteiger partial charge on any atom is -0.394 e. The Hall–Kier alpha value is -1.79. The molecule has 0 aliphatic carbocycles. The molecule has 1 amide bonds. The van der Waals surface area contributed by atoms with E-state index in [1.807, 2.05) is 0 Å². The number of anilines is 1. The maximum atomic E-state index is 13.6. The van der Waals surface area contributed by atoms with Crippen molar-refractivity contribution in [2.75, 3.05) is 18.1 Å². The maximum absolute atomic E-state index is 13.6. The van der Waals surface area contributed by atoms with Crippen LogP contribution in [0.25, 0.3) is 0 Å². The molecule has 1 unspecified atom stereocenters. The number of aliphatic hydroxyl groups is 2. The third kappa shape index (κ3) is 1.81. The van der Waals surface area contributed by atoms with Crippen molar-refractivity contribution in [3.63, 3.8) is 0 Å². The van der Waals surface area contributed by atoms with E-state index < -0.39 is 30.2 Å². The average Bonchev–Trinajstić information content (AvgIpc) is 2.56. The molecule has 0 aromatic heterocycles. The number of hydrogen-bond donors (Lipinski definition) is 2. The fourth-order valence-electron chi connectivity index (χ4n) is 1.75. The lowest BCUT2D eigenvalue weighted by atomic mass is 10.1. The lowest BCUT2D eigenvalue weighted by Crippen LogP contribution is -2.38. The first-order chi connectivity index (χ1) is 8.06. The van der Waals surface area contributed by atoms with Gasteiger partial charge in [0.2, 0.25) is 0 Å². The lowest BCUT2D eigenvalue weighted by Gasteiger charge is -2.19. The molecule has 1 aromatic carbocycles. The Morgan fingerprint density at radius 2 is 2.06 bits per heavy atom. The number of β-amino-alcohol motifs (C(OH)–C–C–N with tert-alkyl or cyclic N) is 1. The van der Waals surface area contributed by atoms with Crippen LogP contribution in [0, 0.1) is 5.82 Å². The highest BCUT2D eigenvalue weighted by Gasteiger charge is 2.38. The fraction of sp³-hybridized carbons (Fsp3) is 0.273. The molecular formula is C11H10FNO4. The summed E-state index contributed by atoms with van der Waals surface area (Å²) in [6.07, 6.45) is -1.21. The van der Waals surface area contributed by atoms with Crippen molar-refractivity contribution in [1.82, 2.24) is 0 Å². The number of para-hydroxylation sites is 1. The summed E-state index contributed by atoms with van der Waals surface area (Å²) >= 11 is 0. The molecule has 1 aliphatic rings. The molecule has 0 spiro atoms. The van der Waals surface area contributed by atoms with Crippen LogP contribution < -0.4 is 4.90 Å². The highest BCUT2D eigenvalue weighted by molar-refractivity contribution is 6.52. The van der Waals surface area contributed by atoms with Gasteiger partial charge in [-0.15, -0.1) is 0 Å². The van der Waals surface area contributed by atoms with Gasteiger partial charge in [0, 0.05) is 0 Å². The van der Waals surface area contributed by atoms with Gasteiger partial charge >= 0.3 is 0 Å².